The SMILES string of the molecule is CN=C(NCCCc1ccccc1)NCC1CC1. The molecule has 0 radical (unpaired) electrons. The molecule has 0 aliphatic heterocycles. The molecule has 18 heavy (non-hydrogen) atoms. The molecule has 2 rings (SSSR count). The first-order chi connectivity index (χ1) is 8.88. The average molecular weight is 245 g/mol. The highest BCUT2D eigenvalue weighted by atomic mass is 15.2. The summed E-state index contributed by atoms with van der Waals surface area (Å²) in [5.41, 5.74) is 1.40. The van der Waals surface area contributed by atoms with Gasteiger partial charge in [0.25, 0.3) is 0 Å². The zero-order valence-corrected chi connectivity index (χ0v) is 11.2. The van der Waals surface area contributed by atoms with Crippen molar-refractivity contribution < 1.29 is 0 Å². The summed E-state index contributed by atoms with van der Waals surface area (Å²) >= 11 is 0. The van der Waals surface area contributed by atoms with E-state index in [1.807, 2.05) is 7.05 Å². The average Bonchev–Trinajstić information content (AvgIpc) is 3.23. The van der Waals surface area contributed by atoms with Crippen LogP contribution < -0.4 is 10.6 Å². The largest absolute Gasteiger partial charge is 0.356 e. The molecule has 3 heteroatoms. The van der Waals surface area contributed by atoms with E-state index in [2.05, 4.69) is 46.0 Å². The molecule has 0 saturated heterocycles. The second-order valence-corrected chi connectivity index (χ2v) is 4.91. The number of rotatable bonds is 6. The number of benzene rings is 1. The summed E-state index contributed by atoms with van der Waals surface area (Å²) in [6, 6.07) is 10.6. The van der Waals surface area contributed by atoms with E-state index >= 15 is 0 Å². The molecule has 1 aliphatic carbocycles. The van der Waals surface area contributed by atoms with Gasteiger partial charge in [-0.1, -0.05) is 30.3 Å². The molecule has 1 aromatic rings. The van der Waals surface area contributed by atoms with Crippen molar-refractivity contribution in [1.29, 1.82) is 0 Å². The molecule has 0 spiro atoms. The number of hydrogen-bond donors (Lipinski definition) is 2. The molecule has 98 valence electrons. The van der Waals surface area contributed by atoms with Gasteiger partial charge in [-0.05, 0) is 37.2 Å². The van der Waals surface area contributed by atoms with Gasteiger partial charge in [-0.15, -0.1) is 0 Å². The fraction of sp³-hybridized carbons (Fsp3) is 0.533. The maximum Gasteiger partial charge on any atom is 0.190 e. The molecule has 1 aliphatic rings. The number of aliphatic imine (C=N–C) groups is 1. The van der Waals surface area contributed by atoms with Crippen LogP contribution in [-0.4, -0.2) is 26.1 Å². The van der Waals surface area contributed by atoms with Crippen molar-refractivity contribution in [3.63, 3.8) is 0 Å². The van der Waals surface area contributed by atoms with Crippen molar-refractivity contribution in [2.24, 2.45) is 10.9 Å². The second kappa shape index (κ2) is 7.04. The lowest BCUT2D eigenvalue weighted by Crippen LogP contribution is -2.38. The van der Waals surface area contributed by atoms with Crippen LogP contribution >= 0.6 is 0 Å². The molecule has 0 aromatic heterocycles. The molecule has 3 nitrogen and oxygen atoms in total. The van der Waals surface area contributed by atoms with Crippen LogP contribution in [0.3, 0.4) is 0 Å². The quantitative estimate of drug-likeness (QED) is 0.458. The van der Waals surface area contributed by atoms with Gasteiger partial charge in [-0.3, -0.25) is 4.99 Å². The van der Waals surface area contributed by atoms with Crippen LogP contribution in [0.25, 0.3) is 0 Å². The van der Waals surface area contributed by atoms with Crippen molar-refractivity contribution in [1.82, 2.24) is 10.6 Å². The highest BCUT2D eigenvalue weighted by molar-refractivity contribution is 5.79. The monoisotopic (exact) mass is 245 g/mol. The van der Waals surface area contributed by atoms with Gasteiger partial charge in [-0.25, -0.2) is 0 Å². The summed E-state index contributed by atoms with van der Waals surface area (Å²) < 4.78 is 0. The Bertz CT molecular complexity index is 369. The zero-order chi connectivity index (χ0) is 12.6. The van der Waals surface area contributed by atoms with Crippen LogP contribution in [0.1, 0.15) is 24.8 Å². The van der Waals surface area contributed by atoms with Crippen molar-refractivity contribution in [2.45, 2.75) is 25.7 Å². The highest BCUT2D eigenvalue weighted by Crippen LogP contribution is 2.27. The first-order valence-corrected chi connectivity index (χ1v) is 6.87. The predicted octanol–water partition coefficient (Wildman–Crippen LogP) is 2.19. The lowest BCUT2D eigenvalue weighted by Gasteiger charge is -2.11. The van der Waals surface area contributed by atoms with Crippen LogP contribution in [-0.2, 0) is 6.42 Å². The number of nitrogens with one attached hydrogen (secondary N) is 2. The van der Waals surface area contributed by atoms with Gasteiger partial charge in [-0.2, -0.15) is 0 Å². The first kappa shape index (κ1) is 12.9. The molecule has 1 saturated carbocycles. The molecule has 2 N–H and O–H groups in total. The topological polar surface area (TPSA) is 36.4 Å². The fourth-order valence-electron chi connectivity index (χ4n) is 1.93. The lowest BCUT2D eigenvalue weighted by molar-refractivity contribution is 0.714. The Morgan fingerprint density at radius 1 is 1.22 bits per heavy atom. The van der Waals surface area contributed by atoms with Gasteiger partial charge in [0.2, 0.25) is 0 Å². The Kier molecular flexibility index (Phi) is 5.06. The molecule has 0 heterocycles. The van der Waals surface area contributed by atoms with Gasteiger partial charge in [0.05, 0.1) is 0 Å². The maximum atomic E-state index is 4.23. The number of nitrogens with zero attached hydrogens (tertiary/aromatic N) is 1. The molecule has 0 bridgehead atoms. The Hall–Kier alpha value is -1.51. The zero-order valence-electron chi connectivity index (χ0n) is 11.2. The third-order valence-corrected chi connectivity index (χ3v) is 3.26. The van der Waals surface area contributed by atoms with Crippen molar-refractivity contribution >= 4 is 5.96 Å². The van der Waals surface area contributed by atoms with E-state index in [0.717, 1.165) is 37.8 Å². The summed E-state index contributed by atoms with van der Waals surface area (Å²) in [6.45, 7) is 2.04. The van der Waals surface area contributed by atoms with Gasteiger partial charge in [0.15, 0.2) is 5.96 Å². The first-order valence-electron chi connectivity index (χ1n) is 6.87. The Morgan fingerprint density at radius 3 is 2.67 bits per heavy atom. The minimum Gasteiger partial charge on any atom is -0.356 e. The minimum atomic E-state index is 0.882. The number of hydrogen-bond acceptors (Lipinski definition) is 1. The molecule has 1 fully saturated rings. The van der Waals surface area contributed by atoms with Crippen molar-refractivity contribution in [2.75, 3.05) is 20.1 Å². The summed E-state index contributed by atoms with van der Waals surface area (Å²) in [7, 11) is 1.83. The van der Waals surface area contributed by atoms with E-state index in [-0.39, 0.29) is 0 Å². The minimum absolute atomic E-state index is 0.882. The Balaban J connectivity index is 1.58. The third-order valence-electron chi connectivity index (χ3n) is 3.26. The highest BCUT2D eigenvalue weighted by Gasteiger charge is 2.20. The summed E-state index contributed by atoms with van der Waals surface area (Å²) in [5, 5.41) is 6.73. The van der Waals surface area contributed by atoms with E-state index in [0.29, 0.717) is 0 Å². The van der Waals surface area contributed by atoms with Gasteiger partial charge < -0.3 is 10.6 Å². The molecular formula is C15H23N3. The smallest absolute Gasteiger partial charge is 0.190 e. The van der Waals surface area contributed by atoms with E-state index in [1.54, 1.807) is 0 Å². The predicted molar refractivity (Wildman–Crippen MR) is 76.9 cm³/mol. The van der Waals surface area contributed by atoms with Crippen LogP contribution in [0.5, 0.6) is 0 Å². The van der Waals surface area contributed by atoms with Gasteiger partial charge in [0, 0.05) is 20.1 Å². The van der Waals surface area contributed by atoms with E-state index < -0.39 is 0 Å². The maximum absolute atomic E-state index is 4.23. The van der Waals surface area contributed by atoms with Gasteiger partial charge in [0.1, 0.15) is 0 Å². The Morgan fingerprint density at radius 2 is 2.00 bits per heavy atom. The van der Waals surface area contributed by atoms with Crippen LogP contribution in [0, 0.1) is 5.92 Å². The van der Waals surface area contributed by atoms with Crippen molar-refractivity contribution in [3.05, 3.63) is 35.9 Å². The van der Waals surface area contributed by atoms with E-state index in [9.17, 15) is 0 Å². The fourth-order valence-corrected chi connectivity index (χ4v) is 1.93. The standard InChI is InChI=1S/C15H23N3/c1-16-15(18-12-14-9-10-14)17-11-5-8-13-6-3-2-4-7-13/h2-4,6-7,14H,5,8-12H2,1H3,(H2,16,17,18). The summed E-state index contributed by atoms with van der Waals surface area (Å²) in [6.07, 6.45) is 5.00. The van der Waals surface area contributed by atoms with Crippen LogP contribution in [0.15, 0.2) is 35.3 Å². The Labute approximate surface area is 110 Å². The number of aryl methyl sites for hydroxylation is 1. The normalized spacial score (nSPS) is 15.5. The molecule has 0 atom stereocenters. The third kappa shape index (κ3) is 4.78. The summed E-state index contributed by atoms with van der Waals surface area (Å²) in [4.78, 5) is 4.23. The van der Waals surface area contributed by atoms with E-state index in [1.165, 1.54) is 18.4 Å². The van der Waals surface area contributed by atoms with Crippen LogP contribution in [0.2, 0.25) is 0 Å². The molecular weight excluding hydrogens is 222 g/mol. The molecule has 0 amide bonds. The lowest BCUT2D eigenvalue weighted by atomic mass is 10.1. The van der Waals surface area contributed by atoms with Crippen LogP contribution in [0.4, 0.5) is 0 Å². The molecule has 1 aromatic carbocycles. The van der Waals surface area contributed by atoms with Crippen molar-refractivity contribution in [3.8, 4) is 0 Å². The molecule has 0 unspecified atom stereocenters. The van der Waals surface area contributed by atoms with Gasteiger partial charge >= 0.3 is 0 Å². The number of guanidine groups is 1. The van der Waals surface area contributed by atoms with E-state index in [4.69, 9.17) is 0 Å². The second-order valence-electron chi connectivity index (χ2n) is 4.91. The summed E-state index contributed by atoms with van der Waals surface area (Å²) in [5.74, 6) is 1.82.